The van der Waals surface area contributed by atoms with Crippen molar-refractivity contribution in [3.8, 4) is 0 Å². The Morgan fingerprint density at radius 3 is 2.33 bits per heavy atom. The Morgan fingerprint density at radius 2 is 1.87 bits per heavy atom. The lowest BCUT2D eigenvalue weighted by Crippen LogP contribution is -2.28. The van der Waals surface area contributed by atoms with Crippen molar-refractivity contribution in [2.24, 2.45) is 0 Å². The molecule has 0 aromatic heterocycles. The van der Waals surface area contributed by atoms with E-state index in [-0.39, 0.29) is 0 Å². The van der Waals surface area contributed by atoms with E-state index in [0.29, 0.717) is 5.56 Å². The molecule has 0 saturated carbocycles. The van der Waals surface area contributed by atoms with E-state index in [1.54, 1.807) is 24.3 Å². The second kappa shape index (κ2) is 5.25. The van der Waals surface area contributed by atoms with Gasteiger partial charge in [-0.05, 0) is 17.7 Å². The summed E-state index contributed by atoms with van der Waals surface area (Å²) in [4.78, 5) is 11.0. The second-order valence-electron chi connectivity index (χ2n) is 2.96. The van der Waals surface area contributed by atoms with Gasteiger partial charge in [-0.25, -0.2) is 4.79 Å². The molecule has 0 radical (unpaired) electrons. The van der Waals surface area contributed by atoms with Crippen molar-refractivity contribution in [2.45, 2.75) is 12.2 Å². The minimum Gasteiger partial charge on any atom is -0.467 e. The predicted molar refractivity (Wildman–Crippen MR) is 57.1 cm³/mol. The molecule has 5 heteroatoms. The molecule has 0 fully saturated rings. The Morgan fingerprint density at radius 1 is 1.33 bits per heavy atom. The van der Waals surface area contributed by atoms with Crippen LogP contribution >= 0.6 is 15.9 Å². The smallest absolute Gasteiger partial charge is 0.337 e. The Kier molecular flexibility index (Phi) is 4.26. The van der Waals surface area contributed by atoms with Crippen LogP contribution in [0.5, 0.6) is 0 Å². The Labute approximate surface area is 95.6 Å². The van der Waals surface area contributed by atoms with Gasteiger partial charge in [-0.3, -0.25) is 0 Å². The summed E-state index contributed by atoms with van der Waals surface area (Å²) in [6.07, 6.45) is -2.83. The van der Waals surface area contributed by atoms with E-state index in [4.69, 9.17) is 0 Å². The van der Waals surface area contributed by atoms with Crippen molar-refractivity contribution in [3.05, 3.63) is 34.3 Å². The van der Waals surface area contributed by atoms with Gasteiger partial charge in [0.25, 0.3) is 0 Å². The maximum Gasteiger partial charge on any atom is 0.337 e. The Balaban J connectivity index is 2.80. The van der Waals surface area contributed by atoms with Crippen LogP contribution in [0.15, 0.2) is 28.7 Å². The quantitative estimate of drug-likeness (QED) is 0.808. The molecular formula is C10H11BrO4. The first-order chi connectivity index (χ1) is 7.06. The molecule has 1 aromatic carbocycles. The van der Waals surface area contributed by atoms with E-state index in [1.165, 1.54) is 0 Å². The van der Waals surface area contributed by atoms with Crippen LogP contribution in [0.25, 0.3) is 0 Å². The van der Waals surface area contributed by atoms with Crippen molar-refractivity contribution in [1.82, 2.24) is 0 Å². The molecule has 2 atom stereocenters. The fourth-order valence-electron chi connectivity index (χ4n) is 1.09. The van der Waals surface area contributed by atoms with Gasteiger partial charge in [0.2, 0.25) is 0 Å². The van der Waals surface area contributed by atoms with Gasteiger partial charge < -0.3 is 14.9 Å². The zero-order chi connectivity index (χ0) is 11.4. The van der Waals surface area contributed by atoms with Crippen LogP contribution in [0.3, 0.4) is 0 Å². The predicted octanol–water partition coefficient (Wildman–Crippen LogP) is 1.02. The van der Waals surface area contributed by atoms with Crippen LogP contribution in [0.1, 0.15) is 11.7 Å². The summed E-state index contributed by atoms with van der Waals surface area (Å²) in [6.45, 7) is 0. The molecule has 0 saturated heterocycles. The average Bonchev–Trinajstić information content (AvgIpc) is 2.27. The number of aliphatic hydroxyl groups is 2. The number of halogens is 1. The first-order valence-corrected chi connectivity index (χ1v) is 5.05. The molecule has 0 bridgehead atoms. The molecule has 0 amide bonds. The van der Waals surface area contributed by atoms with E-state index >= 15 is 0 Å². The number of carbonyl (C=O) groups excluding carboxylic acids is 1. The normalized spacial score (nSPS) is 14.4. The van der Waals surface area contributed by atoms with Gasteiger partial charge in [-0.1, -0.05) is 28.1 Å². The Hall–Kier alpha value is -0.910. The lowest BCUT2D eigenvalue weighted by atomic mass is 10.0. The molecule has 4 nitrogen and oxygen atoms in total. The highest BCUT2D eigenvalue weighted by atomic mass is 79.9. The lowest BCUT2D eigenvalue weighted by molar-refractivity contribution is -0.156. The molecule has 82 valence electrons. The third-order valence-corrected chi connectivity index (χ3v) is 2.48. The fraction of sp³-hybridized carbons (Fsp3) is 0.300. The number of hydrogen-bond donors (Lipinski definition) is 2. The highest BCUT2D eigenvalue weighted by Crippen LogP contribution is 2.20. The largest absolute Gasteiger partial charge is 0.467 e. The molecule has 0 spiro atoms. The number of carbonyl (C=O) groups is 1. The van der Waals surface area contributed by atoms with Crippen LogP contribution in [-0.2, 0) is 9.53 Å². The highest BCUT2D eigenvalue weighted by molar-refractivity contribution is 9.10. The van der Waals surface area contributed by atoms with Gasteiger partial charge in [0, 0.05) is 4.47 Å². The van der Waals surface area contributed by atoms with Crippen molar-refractivity contribution in [3.63, 3.8) is 0 Å². The molecule has 0 aliphatic carbocycles. The van der Waals surface area contributed by atoms with Gasteiger partial charge in [0.05, 0.1) is 7.11 Å². The van der Waals surface area contributed by atoms with Gasteiger partial charge in [-0.2, -0.15) is 0 Å². The summed E-state index contributed by atoms with van der Waals surface area (Å²) in [6, 6.07) is 6.65. The van der Waals surface area contributed by atoms with Crippen LogP contribution in [0.4, 0.5) is 0 Å². The zero-order valence-electron chi connectivity index (χ0n) is 8.05. The van der Waals surface area contributed by atoms with E-state index in [9.17, 15) is 15.0 Å². The van der Waals surface area contributed by atoms with Crippen molar-refractivity contribution in [2.75, 3.05) is 7.11 Å². The molecule has 2 N–H and O–H groups in total. The maximum atomic E-state index is 11.0. The third-order valence-electron chi connectivity index (χ3n) is 1.95. The van der Waals surface area contributed by atoms with E-state index < -0.39 is 18.2 Å². The SMILES string of the molecule is COC(=O)C(O)C(O)c1ccc(Br)cc1. The zero-order valence-corrected chi connectivity index (χ0v) is 9.64. The molecule has 15 heavy (non-hydrogen) atoms. The third kappa shape index (κ3) is 3.02. The topological polar surface area (TPSA) is 66.8 Å². The summed E-state index contributed by atoms with van der Waals surface area (Å²) in [7, 11) is 1.15. The number of ether oxygens (including phenoxy) is 1. The number of benzene rings is 1. The summed E-state index contributed by atoms with van der Waals surface area (Å²) in [5.41, 5.74) is 0.455. The minimum atomic E-state index is -1.56. The molecule has 1 aromatic rings. The minimum absolute atomic E-state index is 0.455. The standard InChI is InChI=1S/C10H11BrO4/c1-15-10(14)9(13)8(12)6-2-4-7(11)5-3-6/h2-5,8-9,12-13H,1H3. The first kappa shape index (κ1) is 12.2. The van der Waals surface area contributed by atoms with Crippen molar-refractivity contribution in [1.29, 1.82) is 0 Å². The number of methoxy groups -OCH3 is 1. The molecule has 0 aliphatic heterocycles. The summed E-state index contributed by atoms with van der Waals surface area (Å²) < 4.78 is 5.17. The van der Waals surface area contributed by atoms with Crippen LogP contribution in [0.2, 0.25) is 0 Å². The van der Waals surface area contributed by atoms with Crippen LogP contribution < -0.4 is 0 Å². The van der Waals surface area contributed by atoms with Crippen LogP contribution in [0, 0.1) is 0 Å². The Bertz CT molecular complexity index is 336. The van der Waals surface area contributed by atoms with Gasteiger partial charge in [0.1, 0.15) is 6.10 Å². The molecule has 0 heterocycles. The number of esters is 1. The van der Waals surface area contributed by atoms with Crippen molar-refractivity contribution < 1.29 is 19.7 Å². The lowest BCUT2D eigenvalue weighted by Gasteiger charge is -2.15. The van der Waals surface area contributed by atoms with Crippen molar-refractivity contribution >= 4 is 21.9 Å². The highest BCUT2D eigenvalue weighted by Gasteiger charge is 2.26. The van der Waals surface area contributed by atoms with E-state index in [0.717, 1.165) is 11.6 Å². The molecular weight excluding hydrogens is 264 g/mol. The number of aliphatic hydroxyl groups excluding tert-OH is 2. The van der Waals surface area contributed by atoms with Gasteiger partial charge in [-0.15, -0.1) is 0 Å². The monoisotopic (exact) mass is 274 g/mol. The maximum absolute atomic E-state index is 11.0. The first-order valence-electron chi connectivity index (χ1n) is 4.25. The molecule has 1 rings (SSSR count). The average molecular weight is 275 g/mol. The molecule has 0 aliphatic rings. The van der Waals surface area contributed by atoms with Gasteiger partial charge in [0.15, 0.2) is 6.10 Å². The summed E-state index contributed by atoms with van der Waals surface area (Å²) in [5, 5.41) is 19.0. The van der Waals surface area contributed by atoms with E-state index in [2.05, 4.69) is 20.7 Å². The fourth-order valence-corrected chi connectivity index (χ4v) is 1.36. The number of rotatable bonds is 3. The summed E-state index contributed by atoms with van der Waals surface area (Å²) >= 11 is 3.24. The van der Waals surface area contributed by atoms with Crippen LogP contribution in [-0.4, -0.2) is 29.4 Å². The molecule has 2 unspecified atom stereocenters. The van der Waals surface area contributed by atoms with E-state index in [1.807, 2.05) is 0 Å². The summed E-state index contributed by atoms with van der Waals surface area (Å²) in [5.74, 6) is -0.856. The van der Waals surface area contributed by atoms with Gasteiger partial charge >= 0.3 is 5.97 Å². The number of hydrogen-bond acceptors (Lipinski definition) is 4. The second-order valence-corrected chi connectivity index (χ2v) is 3.88.